The fraction of sp³-hybridized carbons (Fsp3) is 0. The summed E-state index contributed by atoms with van der Waals surface area (Å²) in [7, 11) is 0. The Morgan fingerprint density at radius 3 is 2.54 bits per heavy atom. The summed E-state index contributed by atoms with van der Waals surface area (Å²) in [5, 5.41) is 6.54. The van der Waals surface area contributed by atoms with Crippen molar-refractivity contribution in [3.63, 3.8) is 0 Å². The first-order valence-corrected chi connectivity index (χ1v) is 8.56. The van der Waals surface area contributed by atoms with Crippen molar-refractivity contribution in [2.75, 3.05) is 0 Å². The van der Waals surface area contributed by atoms with Gasteiger partial charge in [0.1, 0.15) is 5.69 Å². The number of nitrogens with zero attached hydrogens (tertiary/aromatic N) is 2. The maximum Gasteiger partial charge on any atom is 0.291 e. The minimum Gasteiger partial charge on any atom is -0.355 e. The van der Waals surface area contributed by atoms with Crippen LogP contribution < -0.4 is 10.9 Å². The molecule has 26 heavy (non-hydrogen) atoms. The Hall–Kier alpha value is -3.52. The van der Waals surface area contributed by atoms with Crippen LogP contribution in [0, 0.1) is 0 Å². The second kappa shape index (κ2) is 6.77. The third-order valence-electron chi connectivity index (χ3n) is 3.63. The van der Waals surface area contributed by atoms with E-state index in [4.69, 9.17) is 4.52 Å². The Labute approximate surface area is 151 Å². The number of pyridine rings is 1. The lowest BCUT2D eigenvalue weighted by atomic mass is 10.2. The fourth-order valence-corrected chi connectivity index (χ4v) is 3.02. The van der Waals surface area contributed by atoms with E-state index in [0.717, 1.165) is 10.3 Å². The van der Waals surface area contributed by atoms with Crippen LogP contribution in [0.5, 0.6) is 0 Å². The summed E-state index contributed by atoms with van der Waals surface area (Å²) in [6.07, 6.45) is 0. The molecule has 7 nitrogen and oxygen atoms in total. The predicted molar refractivity (Wildman–Crippen MR) is 96.5 cm³/mol. The van der Waals surface area contributed by atoms with Gasteiger partial charge in [0.15, 0.2) is 11.5 Å². The highest BCUT2D eigenvalue weighted by Gasteiger charge is 2.16. The lowest BCUT2D eigenvalue weighted by Gasteiger charge is -2.06. The van der Waals surface area contributed by atoms with Gasteiger partial charge in [-0.3, -0.25) is 20.4 Å². The highest BCUT2D eigenvalue weighted by molar-refractivity contribution is 7.13. The molecule has 3 heterocycles. The third kappa shape index (κ3) is 3.17. The maximum absolute atomic E-state index is 12.2. The molecule has 0 atom stereocenters. The van der Waals surface area contributed by atoms with Crippen molar-refractivity contribution in [1.29, 1.82) is 0 Å². The average molecular weight is 364 g/mol. The van der Waals surface area contributed by atoms with Gasteiger partial charge in [0, 0.05) is 11.5 Å². The van der Waals surface area contributed by atoms with Crippen molar-refractivity contribution < 1.29 is 14.1 Å². The van der Waals surface area contributed by atoms with Crippen molar-refractivity contribution in [2.45, 2.75) is 0 Å². The number of nitrogens with one attached hydrogen (secondary N) is 2. The normalized spacial score (nSPS) is 10.6. The van der Waals surface area contributed by atoms with E-state index in [2.05, 4.69) is 21.0 Å². The van der Waals surface area contributed by atoms with Crippen LogP contribution in [-0.4, -0.2) is 22.0 Å². The quantitative estimate of drug-likeness (QED) is 0.545. The number of fused-ring (bicyclic) bond motifs is 1. The van der Waals surface area contributed by atoms with Gasteiger partial charge in [-0.2, -0.15) is 0 Å². The molecule has 0 saturated carbocycles. The molecule has 8 heteroatoms. The average Bonchev–Trinajstić information content (AvgIpc) is 3.36. The molecule has 0 aliphatic rings. The van der Waals surface area contributed by atoms with Crippen LogP contribution in [0.2, 0.25) is 0 Å². The molecule has 2 N–H and O–H groups in total. The number of hydrogen-bond acceptors (Lipinski definition) is 6. The van der Waals surface area contributed by atoms with Gasteiger partial charge < -0.3 is 4.52 Å². The number of benzene rings is 1. The topological polar surface area (TPSA) is 97.1 Å². The zero-order valence-corrected chi connectivity index (χ0v) is 14.1. The third-order valence-corrected chi connectivity index (χ3v) is 4.51. The molecule has 4 aromatic rings. The van der Waals surface area contributed by atoms with Gasteiger partial charge in [0.2, 0.25) is 0 Å². The summed E-state index contributed by atoms with van der Waals surface area (Å²) in [6.45, 7) is 0. The highest BCUT2D eigenvalue weighted by Crippen LogP contribution is 2.24. The molecule has 0 aliphatic heterocycles. The summed E-state index contributed by atoms with van der Waals surface area (Å²) in [4.78, 5) is 29.4. The number of carbonyl (C=O) groups is 2. The predicted octanol–water partition coefficient (Wildman–Crippen LogP) is 3.03. The molecule has 1 aromatic carbocycles. The van der Waals surface area contributed by atoms with Crippen molar-refractivity contribution in [3.05, 3.63) is 71.4 Å². The van der Waals surface area contributed by atoms with Crippen LogP contribution in [0.15, 0.2) is 64.5 Å². The molecule has 0 spiro atoms. The van der Waals surface area contributed by atoms with Crippen molar-refractivity contribution in [3.8, 4) is 10.6 Å². The summed E-state index contributed by atoms with van der Waals surface area (Å²) in [6, 6.07) is 16.1. The number of carbonyl (C=O) groups excluding carboxylic acids is 2. The number of thiophene rings is 1. The smallest absolute Gasteiger partial charge is 0.291 e. The molecule has 0 fully saturated rings. The van der Waals surface area contributed by atoms with Crippen LogP contribution in [0.4, 0.5) is 0 Å². The van der Waals surface area contributed by atoms with Crippen molar-refractivity contribution in [2.24, 2.45) is 0 Å². The lowest BCUT2D eigenvalue weighted by molar-refractivity contribution is 0.0839. The Morgan fingerprint density at radius 1 is 0.923 bits per heavy atom. The van der Waals surface area contributed by atoms with Gasteiger partial charge in [0.25, 0.3) is 11.8 Å². The number of para-hydroxylation sites is 1. The number of rotatable bonds is 3. The second-order valence-corrected chi connectivity index (χ2v) is 6.30. The summed E-state index contributed by atoms with van der Waals surface area (Å²) in [5.41, 5.74) is 5.60. The molecular formula is C18H12N4O3S. The molecule has 0 radical (unpaired) electrons. The molecule has 0 unspecified atom stereocenters. The minimum absolute atomic E-state index is 0.0696. The Balaban J connectivity index is 1.42. The van der Waals surface area contributed by atoms with Crippen molar-refractivity contribution >= 4 is 34.1 Å². The van der Waals surface area contributed by atoms with Gasteiger partial charge in [-0.05, 0) is 23.6 Å². The first kappa shape index (κ1) is 16.0. The summed E-state index contributed by atoms with van der Waals surface area (Å²) in [5.74, 6) is -0.607. The van der Waals surface area contributed by atoms with Crippen LogP contribution in [0.1, 0.15) is 21.0 Å². The molecule has 3 aromatic heterocycles. The van der Waals surface area contributed by atoms with Gasteiger partial charge >= 0.3 is 0 Å². The van der Waals surface area contributed by atoms with Crippen LogP contribution in [0.25, 0.3) is 21.5 Å². The van der Waals surface area contributed by atoms with Gasteiger partial charge in [-0.1, -0.05) is 35.5 Å². The van der Waals surface area contributed by atoms with Gasteiger partial charge in [0.05, 0.1) is 10.4 Å². The van der Waals surface area contributed by atoms with Crippen molar-refractivity contribution in [1.82, 2.24) is 21.0 Å². The zero-order chi connectivity index (χ0) is 17.9. The van der Waals surface area contributed by atoms with E-state index in [-0.39, 0.29) is 11.4 Å². The molecule has 0 aliphatic carbocycles. The molecule has 128 valence electrons. The molecule has 0 saturated heterocycles. The maximum atomic E-state index is 12.2. The number of hydrogen-bond donors (Lipinski definition) is 2. The second-order valence-electron chi connectivity index (χ2n) is 5.35. The van der Waals surface area contributed by atoms with E-state index in [0.29, 0.717) is 11.3 Å². The SMILES string of the molecule is O=C(NNC(=O)c1ccc2ccccc2n1)c1cc(-c2cccs2)on1. The molecular weight excluding hydrogens is 352 g/mol. The Kier molecular flexibility index (Phi) is 4.16. The molecule has 0 bridgehead atoms. The van der Waals surface area contributed by atoms with Crippen LogP contribution in [-0.2, 0) is 0 Å². The summed E-state index contributed by atoms with van der Waals surface area (Å²) >= 11 is 1.47. The standard InChI is InChI=1S/C18H12N4O3S/c23-17(13-8-7-11-4-1-2-5-12(11)19-13)20-21-18(24)14-10-15(25-22-14)16-6-3-9-26-16/h1-10H,(H,20,23)(H,21,24). The Bertz CT molecular complexity index is 1090. The van der Waals surface area contributed by atoms with E-state index < -0.39 is 11.8 Å². The number of hydrazine groups is 1. The Morgan fingerprint density at radius 2 is 1.73 bits per heavy atom. The monoisotopic (exact) mass is 364 g/mol. The molecule has 2 amide bonds. The fourth-order valence-electron chi connectivity index (χ4n) is 2.35. The van der Waals surface area contributed by atoms with E-state index >= 15 is 0 Å². The first-order chi connectivity index (χ1) is 12.7. The van der Waals surface area contributed by atoms with Gasteiger partial charge in [-0.15, -0.1) is 11.3 Å². The van der Waals surface area contributed by atoms with E-state index in [9.17, 15) is 9.59 Å². The van der Waals surface area contributed by atoms with E-state index in [1.807, 2.05) is 41.8 Å². The van der Waals surface area contributed by atoms with Crippen LogP contribution in [0.3, 0.4) is 0 Å². The largest absolute Gasteiger partial charge is 0.355 e. The number of amides is 2. The minimum atomic E-state index is -0.578. The highest BCUT2D eigenvalue weighted by atomic mass is 32.1. The summed E-state index contributed by atoms with van der Waals surface area (Å²) < 4.78 is 5.14. The van der Waals surface area contributed by atoms with Gasteiger partial charge in [-0.25, -0.2) is 4.98 Å². The van der Waals surface area contributed by atoms with E-state index in [1.54, 1.807) is 12.1 Å². The molecule has 4 rings (SSSR count). The zero-order valence-electron chi connectivity index (χ0n) is 13.3. The van der Waals surface area contributed by atoms with E-state index in [1.165, 1.54) is 17.4 Å². The lowest BCUT2D eigenvalue weighted by Crippen LogP contribution is -2.42. The van der Waals surface area contributed by atoms with Crippen LogP contribution >= 0.6 is 11.3 Å². The number of aromatic nitrogens is 2. The first-order valence-electron chi connectivity index (χ1n) is 7.68.